The van der Waals surface area contributed by atoms with Crippen LogP contribution in [-0.2, 0) is 5.41 Å². The van der Waals surface area contributed by atoms with Crippen molar-refractivity contribution in [2.75, 3.05) is 0 Å². The Labute approximate surface area is 150 Å². The molecule has 3 aliphatic carbocycles. The minimum atomic E-state index is 0.234. The summed E-state index contributed by atoms with van der Waals surface area (Å²) in [5.41, 5.74) is 9.19. The van der Waals surface area contributed by atoms with Gasteiger partial charge in [0, 0.05) is 11.3 Å². The van der Waals surface area contributed by atoms with Gasteiger partial charge in [0.2, 0.25) is 0 Å². The fourth-order valence-electron chi connectivity index (χ4n) is 5.51. The Bertz CT molecular complexity index is 903. The molecule has 5 rings (SSSR count). The minimum absolute atomic E-state index is 0.234. The fraction of sp³-hybridized carbons (Fsp3) is 0.280. The largest absolute Gasteiger partial charge is 0.102 e. The van der Waals surface area contributed by atoms with Gasteiger partial charge in [0.1, 0.15) is 0 Å². The second kappa shape index (κ2) is 5.59. The quantitative estimate of drug-likeness (QED) is 0.552. The normalized spacial score (nSPS) is 22.6. The lowest BCUT2D eigenvalue weighted by Gasteiger charge is -2.34. The lowest BCUT2D eigenvalue weighted by atomic mass is 9.69. The van der Waals surface area contributed by atoms with Crippen LogP contribution in [0.3, 0.4) is 0 Å². The summed E-state index contributed by atoms with van der Waals surface area (Å²) in [4.78, 5) is 0. The number of benzene rings is 2. The average Bonchev–Trinajstić information content (AvgIpc) is 3.39. The van der Waals surface area contributed by atoms with Gasteiger partial charge in [-0.15, -0.1) is 6.58 Å². The number of fused-ring (bicyclic) bond motifs is 3. The summed E-state index contributed by atoms with van der Waals surface area (Å²) in [6.07, 6.45) is 15.5. The number of hydrogen-bond donors (Lipinski definition) is 0. The van der Waals surface area contributed by atoms with Crippen LogP contribution in [0.1, 0.15) is 54.7 Å². The maximum absolute atomic E-state index is 4.20. The lowest BCUT2D eigenvalue weighted by molar-refractivity contribution is 0.510. The van der Waals surface area contributed by atoms with Crippen molar-refractivity contribution in [3.05, 3.63) is 95.6 Å². The highest BCUT2D eigenvalue weighted by atomic mass is 14.5. The van der Waals surface area contributed by atoms with E-state index in [4.69, 9.17) is 0 Å². The van der Waals surface area contributed by atoms with E-state index in [1.807, 2.05) is 0 Å². The van der Waals surface area contributed by atoms with Crippen LogP contribution in [0, 0.1) is 0 Å². The van der Waals surface area contributed by atoms with Gasteiger partial charge in [-0.1, -0.05) is 85.2 Å². The Kier molecular flexibility index (Phi) is 3.35. The highest BCUT2D eigenvalue weighted by Crippen LogP contribution is 2.55. The molecule has 1 saturated carbocycles. The Hall–Kier alpha value is -2.34. The van der Waals surface area contributed by atoms with E-state index in [0.717, 1.165) is 6.42 Å². The summed E-state index contributed by atoms with van der Waals surface area (Å²) in [7, 11) is 0. The van der Waals surface area contributed by atoms with Gasteiger partial charge in [0.15, 0.2) is 0 Å². The fourth-order valence-corrected chi connectivity index (χ4v) is 5.51. The van der Waals surface area contributed by atoms with Crippen molar-refractivity contribution >= 4 is 0 Å². The van der Waals surface area contributed by atoms with E-state index in [2.05, 4.69) is 73.3 Å². The zero-order valence-corrected chi connectivity index (χ0v) is 14.7. The smallest absolute Gasteiger partial charge is 0.0282 e. The lowest BCUT2D eigenvalue weighted by Crippen LogP contribution is -2.26. The maximum atomic E-state index is 4.20. The monoisotopic (exact) mass is 324 g/mol. The van der Waals surface area contributed by atoms with Gasteiger partial charge in [-0.25, -0.2) is 0 Å². The Morgan fingerprint density at radius 2 is 1.76 bits per heavy atom. The molecule has 0 aromatic heterocycles. The molecule has 0 radical (unpaired) electrons. The van der Waals surface area contributed by atoms with Crippen molar-refractivity contribution in [2.45, 2.75) is 43.4 Å². The van der Waals surface area contributed by atoms with Crippen molar-refractivity contribution in [3.8, 4) is 11.1 Å². The van der Waals surface area contributed by atoms with Gasteiger partial charge in [-0.3, -0.25) is 0 Å². The van der Waals surface area contributed by atoms with Gasteiger partial charge in [0.25, 0.3) is 0 Å². The summed E-state index contributed by atoms with van der Waals surface area (Å²) in [6, 6.07) is 15.9. The molecule has 124 valence electrons. The molecule has 0 saturated heterocycles. The van der Waals surface area contributed by atoms with E-state index in [-0.39, 0.29) is 5.41 Å². The summed E-state index contributed by atoms with van der Waals surface area (Å²) < 4.78 is 0. The van der Waals surface area contributed by atoms with Crippen LogP contribution in [0.2, 0.25) is 0 Å². The zero-order valence-electron chi connectivity index (χ0n) is 14.7. The second-order valence-electron chi connectivity index (χ2n) is 7.68. The molecule has 0 amide bonds. The minimum Gasteiger partial charge on any atom is -0.102 e. The second-order valence-corrected chi connectivity index (χ2v) is 7.68. The first-order valence-corrected chi connectivity index (χ1v) is 9.56. The van der Waals surface area contributed by atoms with E-state index >= 15 is 0 Å². The van der Waals surface area contributed by atoms with Gasteiger partial charge in [-0.2, -0.15) is 0 Å². The summed E-state index contributed by atoms with van der Waals surface area (Å²) >= 11 is 0. The zero-order chi connectivity index (χ0) is 16.9. The van der Waals surface area contributed by atoms with Crippen molar-refractivity contribution in [2.24, 2.45) is 0 Å². The molecule has 1 fully saturated rings. The molecule has 1 atom stereocenters. The number of rotatable bonds is 3. The SMILES string of the molecule is C=CC1c2ccccc2-c2cccc(C3(C4=CC=CC4)CCCC3)c21. The van der Waals surface area contributed by atoms with Crippen LogP contribution in [0.4, 0.5) is 0 Å². The third kappa shape index (κ3) is 2.00. The standard InChI is InChI=1S/C25H24/c1-2-19-20-12-5-6-13-21(20)22-14-9-15-23(24(19)22)25(16-7-8-17-25)18-10-3-4-11-18/h2-6,9-10,12-15,19H,1,7-8,11,16-17H2. The highest BCUT2D eigenvalue weighted by Gasteiger charge is 2.43. The van der Waals surface area contributed by atoms with Crippen molar-refractivity contribution in [1.29, 1.82) is 0 Å². The van der Waals surface area contributed by atoms with E-state index in [0.29, 0.717) is 5.92 Å². The first kappa shape index (κ1) is 15.0. The van der Waals surface area contributed by atoms with Crippen LogP contribution in [0.25, 0.3) is 11.1 Å². The first-order valence-electron chi connectivity index (χ1n) is 9.56. The predicted molar refractivity (Wildman–Crippen MR) is 106 cm³/mol. The van der Waals surface area contributed by atoms with E-state index in [1.54, 1.807) is 11.1 Å². The van der Waals surface area contributed by atoms with Crippen LogP contribution in [-0.4, -0.2) is 0 Å². The van der Waals surface area contributed by atoms with Crippen LogP contribution in [0.5, 0.6) is 0 Å². The van der Waals surface area contributed by atoms with Crippen LogP contribution >= 0.6 is 0 Å². The predicted octanol–water partition coefficient (Wildman–Crippen LogP) is 6.68. The number of hydrogen-bond acceptors (Lipinski definition) is 0. The molecule has 0 N–H and O–H groups in total. The molecular weight excluding hydrogens is 300 g/mol. The molecule has 0 heteroatoms. The van der Waals surface area contributed by atoms with E-state index in [1.165, 1.54) is 47.9 Å². The Morgan fingerprint density at radius 3 is 2.52 bits per heavy atom. The average molecular weight is 324 g/mol. The third-order valence-electron chi connectivity index (χ3n) is 6.60. The highest BCUT2D eigenvalue weighted by molar-refractivity contribution is 5.81. The van der Waals surface area contributed by atoms with Gasteiger partial charge < -0.3 is 0 Å². The molecule has 0 bridgehead atoms. The van der Waals surface area contributed by atoms with Gasteiger partial charge in [-0.05, 0) is 47.1 Å². The van der Waals surface area contributed by atoms with Gasteiger partial charge >= 0.3 is 0 Å². The van der Waals surface area contributed by atoms with Crippen LogP contribution < -0.4 is 0 Å². The van der Waals surface area contributed by atoms with E-state index in [9.17, 15) is 0 Å². The Balaban J connectivity index is 1.76. The maximum Gasteiger partial charge on any atom is 0.0282 e. The summed E-state index contributed by atoms with van der Waals surface area (Å²) in [5, 5.41) is 0. The third-order valence-corrected chi connectivity index (χ3v) is 6.60. The summed E-state index contributed by atoms with van der Waals surface area (Å²) in [6.45, 7) is 4.20. The molecule has 0 nitrogen and oxygen atoms in total. The van der Waals surface area contributed by atoms with Crippen molar-refractivity contribution in [3.63, 3.8) is 0 Å². The molecule has 2 aromatic rings. The van der Waals surface area contributed by atoms with E-state index < -0.39 is 0 Å². The molecule has 0 aliphatic heterocycles. The molecule has 0 heterocycles. The molecular formula is C25H24. The van der Waals surface area contributed by atoms with Crippen molar-refractivity contribution < 1.29 is 0 Å². The first-order chi connectivity index (χ1) is 12.3. The summed E-state index contributed by atoms with van der Waals surface area (Å²) in [5.74, 6) is 0.329. The topological polar surface area (TPSA) is 0 Å². The molecule has 1 unspecified atom stereocenters. The molecule has 25 heavy (non-hydrogen) atoms. The molecule has 0 spiro atoms. The molecule has 3 aliphatic rings. The van der Waals surface area contributed by atoms with Crippen molar-refractivity contribution in [1.82, 2.24) is 0 Å². The Morgan fingerprint density at radius 1 is 0.960 bits per heavy atom. The van der Waals surface area contributed by atoms with Crippen LogP contribution in [0.15, 0.2) is 78.9 Å². The number of allylic oxidation sites excluding steroid dienone is 5. The van der Waals surface area contributed by atoms with Gasteiger partial charge in [0.05, 0.1) is 0 Å². The molecule has 2 aromatic carbocycles.